The van der Waals surface area contributed by atoms with Gasteiger partial charge in [0, 0.05) is 20.3 Å². The van der Waals surface area contributed by atoms with E-state index in [4.69, 9.17) is 9.16 Å². The fraction of sp³-hybridized carbons (Fsp3) is 0.500. The maximum atomic E-state index is 5.77. The van der Waals surface area contributed by atoms with E-state index in [1.54, 1.807) is 7.11 Å². The zero-order chi connectivity index (χ0) is 10.9. The van der Waals surface area contributed by atoms with Crippen LogP contribution >= 0.6 is 0 Å². The van der Waals surface area contributed by atoms with E-state index in [0.717, 1.165) is 25.7 Å². The third-order valence-corrected chi connectivity index (χ3v) is 3.74. The van der Waals surface area contributed by atoms with Crippen LogP contribution in [0.1, 0.15) is 12.0 Å². The Hall–Kier alpha value is -0.643. The van der Waals surface area contributed by atoms with Crippen LogP contribution < -0.4 is 0 Å². The molecule has 1 aromatic carbocycles. The van der Waals surface area contributed by atoms with Crippen molar-refractivity contribution in [3.05, 3.63) is 35.9 Å². The standard InChI is InChI=1S/C12H19O2Si/c1-13-9-6-10-14-15(2)11-12-7-4-3-5-8-12/h3-5,7-8H,6,9-11H2,1-2H3. The molecular weight excluding hydrogens is 204 g/mol. The lowest BCUT2D eigenvalue weighted by Crippen LogP contribution is -2.18. The highest BCUT2D eigenvalue weighted by molar-refractivity contribution is 6.49. The second-order valence-corrected chi connectivity index (χ2v) is 5.61. The van der Waals surface area contributed by atoms with Crippen LogP contribution in [0.5, 0.6) is 0 Å². The normalized spacial score (nSPS) is 10.9. The third-order valence-electron chi connectivity index (χ3n) is 2.14. The summed E-state index contributed by atoms with van der Waals surface area (Å²) >= 11 is 0. The van der Waals surface area contributed by atoms with E-state index in [0.29, 0.717) is 0 Å². The summed E-state index contributed by atoms with van der Waals surface area (Å²) in [5.41, 5.74) is 1.38. The number of ether oxygens (including phenoxy) is 1. The molecule has 0 aliphatic rings. The molecule has 0 fully saturated rings. The SMILES string of the molecule is COCCCO[Si](C)Cc1ccccc1. The smallest absolute Gasteiger partial charge is 0.212 e. The largest absolute Gasteiger partial charge is 0.416 e. The van der Waals surface area contributed by atoms with Crippen molar-refractivity contribution in [2.45, 2.75) is 19.0 Å². The van der Waals surface area contributed by atoms with Crippen molar-refractivity contribution < 1.29 is 9.16 Å². The van der Waals surface area contributed by atoms with E-state index in [1.165, 1.54) is 5.56 Å². The molecule has 0 bridgehead atoms. The summed E-state index contributed by atoms with van der Waals surface area (Å²) in [5, 5.41) is 0. The molecule has 0 aliphatic carbocycles. The van der Waals surface area contributed by atoms with E-state index in [-0.39, 0.29) is 0 Å². The highest BCUT2D eigenvalue weighted by Gasteiger charge is 2.06. The highest BCUT2D eigenvalue weighted by atomic mass is 28.3. The van der Waals surface area contributed by atoms with Gasteiger partial charge in [0.1, 0.15) is 0 Å². The van der Waals surface area contributed by atoms with Crippen molar-refractivity contribution >= 4 is 9.04 Å². The molecule has 0 heterocycles. The fourth-order valence-corrected chi connectivity index (χ4v) is 2.79. The second kappa shape index (κ2) is 7.62. The van der Waals surface area contributed by atoms with Crippen molar-refractivity contribution in [2.24, 2.45) is 0 Å². The molecule has 3 heteroatoms. The maximum Gasteiger partial charge on any atom is 0.212 e. The van der Waals surface area contributed by atoms with Crippen LogP contribution in [0, 0.1) is 0 Å². The predicted molar refractivity (Wildman–Crippen MR) is 64.2 cm³/mol. The molecule has 83 valence electrons. The van der Waals surface area contributed by atoms with E-state index < -0.39 is 9.04 Å². The lowest BCUT2D eigenvalue weighted by atomic mass is 10.2. The lowest BCUT2D eigenvalue weighted by molar-refractivity contribution is 0.172. The Morgan fingerprint density at radius 3 is 2.53 bits per heavy atom. The number of hydrogen-bond donors (Lipinski definition) is 0. The first-order valence-electron chi connectivity index (χ1n) is 5.31. The first-order chi connectivity index (χ1) is 7.33. The van der Waals surface area contributed by atoms with E-state index >= 15 is 0 Å². The van der Waals surface area contributed by atoms with E-state index in [1.807, 2.05) is 6.07 Å². The van der Waals surface area contributed by atoms with Gasteiger partial charge >= 0.3 is 0 Å². The number of benzene rings is 1. The molecular formula is C12H19O2Si. The molecule has 0 saturated carbocycles. The molecule has 0 amide bonds. The number of hydrogen-bond acceptors (Lipinski definition) is 2. The van der Waals surface area contributed by atoms with Crippen LogP contribution in [0.25, 0.3) is 0 Å². The van der Waals surface area contributed by atoms with Crippen molar-refractivity contribution in [3.63, 3.8) is 0 Å². The minimum Gasteiger partial charge on any atom is -0.416 e. The summed E-state index contributed by atoms with van der Waals surface area (Å²) in [4.78, 5) is 0. The molecule has 0 N–H and O–H groups in total. The summed E-state index contributed by atoms with van der Waals surface area (Å²) in [5.74, 6) is 0. The molecule has 0 atom stereocenters. The van der Waals surface area contributed by atoms with Crippen molar-refractivity contribution in [1.82, 2.24) is 0 Å². The van der Waals surface area contributed by atoms with Crippen LogP contribution in [0.2, 0.25) is 6.55 Å². The zero-order valence-corrected chi connectivity index (χ0v) is 10.5. The summed E-state index contributed by atoms with van der Waals surface area (Å²) in [7, 11) is 1.05. The molecule has 1 aromatic rings. The van der Waals surface area contributed by atoms with Gasteiger partial charge in [-0.2, -0.15) is 0 Å². The van der Waals surface area contributed by atoms with Gasteiger partial charge in [-0.05, 0) is 24.6 Å². The average molecular weight is 223 g/mol. The molecule has 0 saturated heterocycles. The molecule has 0 aliphatic heterocycles. The average Bonchev–Trinajstić information content (AvgIpc) is 2.26. The van der Waals surface area contributed by atoms with Crippen molar-refractivity contribution in [2.75, 3.05) is 20.3 Å². The Morgan fingerprint density at radius 1 is 1.13 bits per heavy atom. The van der Waals surface area contributed by atoms with E-state index in [2.05, 4.69) is 30.8 Å². The van der Waals surface area contributed by atoms with Gasteiger partial charge < -0.3 is 9.16 Å². The quantitative estimate of drug-likeness (QED) is 0.522. The van der Waals surface area contributed by atoms with Crippen LogP contribution in [0.15, 0.2) is 30.3 Å². The molecule has 2 nitrogen and oxygen atoms in total. The summed E-state index contributed by atoms with van der Waals surface area (Å²) in [6.07, 6.45) is 0.993. The Labute approximate surface area is 93.9 Å². The van der Waals surface area contributed by atoms with E-state index in [9.17, 15) is 0 Å². The Balaban J connectivity index is 2.16. The maximum absolute atomic E-state index is 5.77. The molecule has 15 heavy (non-hydrogen) atoms. The van der Waals surface area contributed by atoms with Gasteiger partial charge in [0.25, 0.3) is 0 Å². The van der Waals surface area contributed by atoms with Crippen LogP contribution in [0.4, 0.5) is 0 Å². The van der Waals surface area contributed by atoms with Crippen LogP contribution in [-0.4, -0.2) is 29.4 Å². The number of methoxy groups -OCH3 is 1. The van der Waals surface area contributed by atoms with Gasteiger partial charge in [-0.25, -0.2) is 0 Å². The molecule has 0 unspecified atom stereocenters. The topological polar surface area (TPSA) is 18.5 Å². The van der Waals surface area contributed by atoms with Gasteiger partial charge in [0.05, 0.1) is 0 Å². The Bertz CT molecular complexity index is 251. The van der Waals surface area contributed by atoms with Crippen molar-refractivity contribution in [1.29, 1.82) is 0 Å². The third kappa shape index (κ3) is 5.72. The van der Waals surface area contributed by atoms with Crippen molar-refractivity contribution in [3.8, 4) is 0 Å². The van der Waals surface area contributed by atoms with Crippen LogP contribution in [0.3, 0.4) is 0 Å². The van der Waals surface area contributed by atoms with Gasteiger partial charge in [0.15, 0.2) is 0 Å². The Kier molecular flexibility index (Phi) is 6.32. The molecule has 1 radical (unpaired) electrons. The lowest BCUT2D eigenvalue weighted by Gasteiger charge is -2.10. The molecule has 1 rings (SSSR count). The fourth-order valence-electron chi connectivity index (χ4n) is 1.38. The summed E-state index contributed by atoms with van der Waals surface area (Å²) < 4.78 is 10.7. The van der Waals surface area contributed by atoms with Gasteiger partial charge in [-0.15, -0.1) is 0 Å². The number of rotatable bonds is 7. The second-order valence-electron chi connectivity index (χ2n) is 3.56. The van der Waals surface area contributed by atoms with Crippen LogP contribution in [-0.2, 0) is 15.2 Å². The highest BCUT2D eigenvalue weighted by Crippen LogP contribution is 2.03. The summed E-state index contributed by atoms with van der Waals surface area (Å²) in [6.45, 7) is 3.83. The Morgan fingerprint density at radius 2 is 1.87 bits per heavy atom. The van der Waals surface area contributed by atoms with Gasteiger partial charge in [-0.1, -0.05) is 30.3 Å². The zero-order valence-electron chi connectivity index (χ0n) is 9.53. The minimum absolute atomic E-state index is 0.678. The summed E-state index contributed by atoms with van der Waals surface area (Å²) in [6, 6.07) is 11.6. The first-order valence-corrected chi connectivity index (χ1v) is 7.42. The minimum atomic E-state index is -0.678. The molecule has 0 aromatic heterocycles. The van der Waals surface area contributed by atoms with Gasteiger partial charge in [0.2, 0.25) is 9.04 Å². The monoisotopic (exact) mass is 223 g/mol. The predicted octanol–water partition coefficient (Wildman–Crippen LogP) is 2.44. The molecule has 0 spiro atoms. The van der Waals surface area contributed by atoms with Gasteiger partial charge in [-0.3, -0.25) is 0 Å². The first kappa shape index (κ1) is 12.4.